The lowest BCUT2D eigenvalue weighted by atomic mass is 9.95. The van der Waals surface area contributed by atoms with E-state index in [9.17, 15) is 0 Å². The zero-order valence-corrected chi connectivity index (χ0v) is 13.1. The van der Waals surface area contributed by atoms with Crippen LogP contribution in [0.5, 0.6) is 0 Å². The third-order valence-corrected chi connectivity index (χ3v) is 3.97. The standard InChI is InChI=1S/C16H25N3O/c1-6-20-16(2,3)14(17-4)11-15-18-12-9-7-8-10-13(12)19(15)5/h7-10,14,17H,6,11H2,1-5H3. The van der Waals surface area contributed by atoms with Gasteiger partial charge in [0.15, 0.2) is 0 Å². The van der Waals surface area contributed by atoms with E-state index in [0.717, 1.165) is 17.8 Å². The van der Waals surface area contributed by atoms with Gasteiger partial charge in [-0.3, -0.25) is 0 Å². The molecule has 0 aliphatic rings. The number of rotatable bonds is 6. The largest absolute Gasteiger partial charge is 0.374 e. The fourth-order valence-corrected chi connectivity index (χ4v) is 2.73. The number of nitrogens with one attached hydrogen (secondary N) is 1. The topological polar surface area (TPSA) is 39.1 Å². The lowest BCUT2D eigenvalue weighted by Gasteiger charge is -2.33. The number of likely N-dealkylation sites (N-methyl/N-ethyl adjacent to an activating group) is 1. The first kappa shape index (κ1) is 15.0. The molecule has 1 heterocycles. The summed E-state index contributed by atoms with van der Waals surface area (Å²) >= 11 is 0. The van der Waals surface area contributed by atoms with Gasteiger partial charge in [-0.15, -0.1) is 0 Å². The maximum absolute atomic E-state index is 5.87. The van der Waals surface area contributed by atoms with Gasteiger partial charge in [-0.25, -0.2) is 4.98 Å². The molecule has 1 N–H and O–H groups in total. The molecule has 20 heavy (non-hydrogen) atoms. The Bertz CT molecular complexity index is 574. The lowest BCUT2D eigenvalue weighted by Crippen LogP contribution is -2.49. The number of para-hydroxylation sites is 2. The molecule has 2 aromatic rings. The maximum atomic E-state index is 5.87. The molecule has 110 valence electrons. The fraction of sp³-hybridized carbons (Fsp3) is 0.562. The molecule has 4 nitrogen and oxygen atoms in total. The van der Waals surface area contributed by atoms with Gasteiger partial charge in [0, 0.05) is 26.1 Å². The summed E-state index contributed by atoms with van der Waals surface area (Å²) in [7, 11) is 4.05. The van der Waals surface area contributed by atoms with E-state index in [1.165, 1.54) is 5.52 Å². The number of aromatic nitrogens is 2. The molecule has 1 atom stereocenters. The predicted octanol–water partition coefficient (Wildman–Crippen LogP) is 2.52. The van der Waals surface area contributed by atoms with Crippen molar-refractivity contribution >= 4 is 11.0 Å². The van der Waals surface area contributed by atoms with Crippen LogP contribution in [0.3, 0.4) is 0 Å². The van der Waals surface area contributed by atoms with Crippen LogP contribution in [-0.4, -0.2) is 34.8 Å². The van der Waals surface area contributed by atoms with Crippen LogP contribution < -0.4 is 5.32 Å². The lowest BCUT2D eigenvalue weighted by molar-refractivity contribution is -0.0368. The monoisotopic (exact) mass is 275 g/mol. The minimum Gasteiger partial charge on any atom is -0.374 e. The van der Waals surface area contributed by atoms with Crippen LogP contribution in [0.15, 0.2) is 24.3 Å². The second-order valence-electron chi connectivity index (χ2n) is 5.66. The molecule has 1 unspecified atom stereocenters. The number of hydrogen-bond acceptors (Lipinski definition) is 3. The maximum Gasteiger partial charge on any atom is 0.111 e. The minimum atomic E-state index is -0.221. The number of hydrogen-bond donors (Lipinski definition) is 1. The van der Waals surface area contributed by atoms with Gasteiger partial charge in [0.2, 0.25) is 0 Å². The molecule has 4 heteroatoms. The number of fused-ring (bicyclic) bond motifs is 1. The molecule has 2 rings (SSSR count). The smallest absolute Gasteiger partial charge is 0.111 e. The normalized spacial score (nSPS) is 13.8. The van der Waals surface area contributed by atoms with Crippen LogP contribution in [-0.2, 0) is 18.2 Å². The molecule has 1 aromatic heterocycles. The van der Waals surface area contributed by atoms with Crippen molar-refractivity contribution in [2.45, 2.75) is 38.8 Å². The highest BCUT2D eigenvalue weighted by molar-refractivity contribution is 5.75. The molecule has 1 aromatic carbocycles. The van der Waals surface area contributed by atoms with Crippen molar-refractivity contribution in [2.75, 3.05) is 13.7 Å². The van der Waals surface area contributed by atoms with Gasteiger partial charge < -0.3 is 14.6 Å². The summed E-state index contributed by atoms with van der Waals surface area (Å²) in [5.41, 5.74) is 2.00. The second-order valence-corrected chi connectivity index (χ2v) is 5.66. The van der Waals surface area contributed by atoms with E-state index in [1.54, 1.807) is 0 Å². The van der Waals surface area contributed by atoms with Crippen LogP contribution >= 0.6 is 0 Å². The Morgan fingerprint density at radius 3 is 2.65 bits per heavy atom. The first-order valence-corrected chi connectivity index (χ1v) is 7.21. The molecule has 0 fully saturated rings. The third kappa shape index (κ3) is 2.86. The molecule has 0 bridgehead atoms. The van der Waals surface area contributed by atoms with E-state index in [-0.39, 0.29) is 11.6 Å². The molecule has 0 saturated heterocycles. The van der Waals surface area contributed by atoms with Gasteiger partial charge in [0.05, 0.1) is 16.6 Å². The average Bonchev–Trinajstić information content (AvgIpc) is 2.73. The zero-order valence-electron chi connectivity index (χ0n) is 13.1. The molecular formula is C16H25N3O. The zero-order chi connectivity index (χ0) is 14.8. The van der Waals surface area contributed by atoms with Crippen LogP contribution in [0.25, 0.3) is 11.0 Å². The van der Waals surface area contributed by atoms with Crippen molar-refractivity contribution in [1.82, 2.24) is 14.9 Å². The van der Waals surface area contributed by atoms with Crippen LogP contribution in [0.1, 0.15) is 26.6 Å². The van der Waals surface area contributed by atoms with Crippen LogP contribution in [0.2, 0.25) is 0 Å². The highest BCUT2D eigenvalue weighted by Crippen LogP contribution is 2.21. The van der Waals surface area contributed by atoms with E-state index in [1.807, 2.05) is 26.1 Å². The Morgan fingerprint density at radius 2 is 2.05 bits per heavy atom. The quantitative estimate of drug-likeness (QED) is 0.880. The number of benzene rings is 1. The van der Waals surface area contributed by atoms with Crippen molar-refractivity contribution < 1.29 is 4.74 Å². The van der Waals surface area contributed by atoms with E-state index in [4.69, 9.17) is 9.72 Å². The Morgan fingerprint density at radius 1 is 1.35 bits per heavy atom. The number of nitrogens with zero attached hydrogens (tertiary/aromatic N) is 2. The Hall–Kier alpha value is -1.39. The summed E-state index contributed by atoms with van der Waals surface area (Å²) in [6, 6.07) is 8.46. The summed E-state index contributed by atoms with van der Waals surface area (Å²) < 4.78 is 8.04. The van der Waals surface area contributed by atoms with E-state index in [0.29, 0.717) is 6.61 Å². The summed E-state index contributed by atoms with van der Waals surface area (Å²) in [4.78, 5) is 4.74. The number of imidazole rings is 1. The Labute approximate surface area is 121 Å². The summed E-state index contributed by atoms with van der Waals surface area (Å²) in [6.45, 7) is 7.00. The second kappa shape index (κ2) is 5.94. The average molecular weight is 275 g/mol. The SMILES string of the molecule is CCOC(C)(C)C(Cc1nc2ccccc2n1C)NC. The molecule has 0 radical (unpaired) electrons. The van der Waals surface area contributed by atoms with Crippen molar-refractivity contribution in [3.63, 3.8) is 0 Å². The Balaban J connectivity index is 2.28. The molecule has 0 spiro atoms. The fourth-order valence-electron chi connectivity index (χ4n) is 2.73. The first-order valence-electron chi connectivity index (χ1n) is 7.21. The van der Waals surface area contributed by atoms with Gasteiger partial charge in [-0.1, -0.05) is 12.1 Å². The number of ether oxygens (including phenoxy) is 1. The van der Waals surface area contributed by atoms with Gasteiger partial charge in [-0.05, 0) is 40.0 Å². The molecule has 0 amide bonds. The van der Waals surface area contributed by atoms with Gasteiger partial charge in [0.25, 0.3) is 0 Å². The number of aryl methyl sites for hydroxylation is 1. The van der Waals surface area contributed by atoms with Gasteiger partial charge in [-0.2, -0.15) is 0 Å². The van der Waals surface area contributed by atoms with E-state index < -0.39 is 0 Å². The summed E-state index contributed by atoms with van der Waals surface area (Å²) in [5.74, 6) is 1.08. The molecule has 0 saturated carbocycles. The highest BCUT2D eigenvalue weighted by atomic mass is 16.5. The molecule has 0 aliphatic carbocycles. The van der Waals surface area contributed by atoms with Crippen molar-refractivity contribution in [3.8, 4) is 0 Å². The van der Waals surface area contributed by atoms with E-state index >= 15 is 0 Å². The van der Waals surface area contributed by atoms with Crippen molar-refractivity contribution in [1.29, 1.82) is 0 Å². The van der Waals surface area contributed by atoms with E-state index in [2.05, 4.69) is 42.9 Å². The minimum absolute atomic E-state index is 0.220. The predicted molar refractivity (Wildman–Crippen MR) is 83.0 cm³/mol. The van der Waals surface area contributed by atoms with Crippen LogP contribution in [0, 0.1) is 0 Å². The third-order valence-electron chi connectivity index (χ3n) is 3.97. The van der Waals surface area contributed by atoms with Crippen LogP contribution in [0.4, 0.5) is 0 Å². The first-order chi connectivity index (χ1) is 9.49. The molecule has 0 aliphatic heterocycles. The van der Waals surface area contributed by atoms with Crippen molar-refractivity contribution in [2.24, 2.45) is 7.05 Å². The summed E-state index contributed by atoms with van der Waals surface area (Å²) in [6.07, 6.45) is 0.842. The van der Waals surface area contributed by atoms with Gasteiger partial charge >= 0.3 is 0 Å². The van der Waals surface area contributed by atoms with Crippen molar-refractivity contribution in [3.05, 3.63) is 30.1 Å². The summed E-state index contributed by atoms with van der Waals surface area (Å²) in [5, 5.41) is 3.37. The van der Waals surface area contributed by atoms with Gasteiger partial charge in [0.1, 0.15) is 5.82 Å². The Kier molecular flexibility index (Phi) is 4.45. The highest BCUT2D eigenvalue weighted by Gasteiger charge is 2.30. The molecular weight excluding hydrogens is 250 g/mol.